The SMILES string of the molecule is Cn1c(SCC(=O)Nc2ccccc2OC(F)F)nnc1-c1cccs1. The quantitative estimate of drug-likeness (QED) is 0.614. The van der Waals surface area contributed by atoms with Gasteiger partial charge in [-0.2, -0.15) is 8.78 Å². The molecule has 0 fully saturated rings. The number of rotatable bonds is 7. The van der Waals surface area contributed by atoms with Crippen LogP contribution in [0.1, 0.15) is 0 Å². The van der Waals surface area contributed by atoms with E-state index in [2.05, 4.69) is 20.3 Å². The van der Waals surface area contributed by atoms with Gasteiger partial charge in [0.15, 0.2) is 11.0 Å². The lowest BCUT2D eigenvalue weighted by atomic mass is 10.3. The zero-order valence-corrected chi connectivity index (χ0v) is 15.2. The fraction of sp³-hybridized carbons (Fsp3) is 0.188. The van der Waals surface area contributed by atoms with Gasteiger partial charge in [-0.3, -0.25) is 4.79 Å². The number of hydrogen-bond donors (Lipinski definition) is 1. The van der Waals surface area contributed by atoms with Crippen molar-refractivity contribution in [3.8, 4) is 16.5 Å². The molecule has 0 radical (unpaired) electrons. The Kier molecular flexibility index (Phi) is 5.84. The number of nitrogens with zero attached hydrogens (tertiary/aromatic N) is 3. The van der Waals surface area contributed by atoms with E-state index in [1.807, 2.05) is 24.6 Å². The van der Waals surface area contributed by atoms with Crippen molar-refractivity contribution in [3.05, 3.63) is 41.8 Å². The largest absolute Gasteiger partial charge is 0.433 e. The first-order chi connectivity index (χ1) is 12.5. The predicted molar refractivity (Wildman–Crippen MR) is 96.7 cm³/mol. The maximum absolute atomic E-state index is 12.4. The zero-order chi connectivity index (χ0) is 18.5. The van der Waals surface area contributed by atoms with Gasteiger partial charge >= 0.3 is 6.61 Å². The van der Waals surface area contributed by atoms with E-state index in [0.717, 1.165) is 10.7 Å². The van der Waals surface area contributed by atoms with E-state index in [0.29, 0.717) is 5.16 Å². The average molecular weight is 396 g/mol. The van der Waals surface area contributed by atoms with Gasteiger partial charge in [-0.25, -0.2) is 0 Å². The van der Waals surface area contributed by atoms with Crippen LogP contribution in [-0.2, 0) is 11.8 Å². The third-order valence-electron chi connectivity index (χ3n) is 3.29. The Morgan fingerprint density at radius 1 is 1.31 bits per heavy atom. The Balaban J connectivity index is 1.62. The van der Waals surface area contributed by atoms with Gasteiger partial charge in [0.1, 0.15) is 5.75 Å². The number of halogens is 2. The molecule has 3 rings (SSSR count). The minimum Gasteiger partial charge on any atom is -0.433 e. The van der Waals surface area contributed by atoms with Gasteiger partial charge in [0.05, 0.1) is 16.3 Å². The van der Waals surface area contributed by atoms with Gasteiger partial charge < -0.3 is 14.6 Å². The topological polar surface area (TPSA) is 69.0 Å². The molecule has 1 amide bonds. The lowest BCUT2D eigenvalue weighted by Gasteiger charge is -2.11. The predicted octanol–water partition coefficient (Wildman–Crippen LogP) is 3.88. The summed E-state index contributed by atoms with van der Waals surface area (Å²) < 4.78 is 31.0. The number of carbonyl (C=O) groups excluding carboxylic acids is 1. The average Bonchev–Trinajstić information content (AvgIpc) is 3.24. The van der Waals surface area contributed by atoms with Crippen molar-refractivity contribution in [2.45, 2.75) is 11.8 Å². The highest BCUT2D eigenvalue weighted by molar-refractivity contribution is 7.99. The van der Waals surface area contributed by atoms with Crippen LogP contribution >= 0.6 is 23.1 Å². The Morgan fingerprint density at radius 2 is 2.12 bits per heavy atom. The van der Waals surface area contributed by atoms with E-state index in [1.165, 1.54) is 23.9 Å². The van der Waals surface area contributed by atoms with E-state index >= 15 is 0 Å². The summed E-state index contributed by atoms with van der Waals surface area (Å²) in [5.74, 6) is 0.332. The van der Waals surface area contributed by atoms with Crippen LogP contribution in [-0.4, -0.2) is 33.0 Å². The van der Waals surface area contributed by atoms with Gasteiger partial charge in [0.2, 0.25) is 5.91 Å². The van der Waals surface area contributed by atoms with Crippen molar-refractivity contribution < 1.29 is 18.3 Å². The molecule has 6 nitrogen and oxygen atoms in total. The number of ether oxygens (including phenoxy) is 1. The van der Waals surface area contributed by atoms with Gasteiger partial charge in [0.25, 0.3) is 0 Å². The molecule has 0 unspecified atom stereocenters. The molecule has 1 N–H and O–H groups in total. The normalized spacial score (nSPS) is 10.9. The summed E-state index contributed by atoms with van der Waals surface area (Å²) in [7, 11) is 1.82. The Morgan fingerprint density at radius 3 is 2.85 bits per heavy atom. The molecule has 0 saturated heterocycles. The molecule has 0 spiro atoms. The van der Waals surface area contributed by atoms with E-state index in [1.54, 1.807) is 28.0 Å². The minimum absolute atomic E-state index is 0.0550. The summed E-state index contributed by atoms with van der Waals surface area (Å²) in [6.45, 7) is -2.96. The second-order valence-electron chi connectivity index (χ2n) is 5.05. The number of nitrogens with one attached hydrogen (secondary N) is 1. The standard InChI is InChI=1S/C16H14F2N4O2S2/c1-22-14(12-7-4-8-25-12)20-21-16(22)26-9-13(23)19-10-5-2-3-6-11(10)24-15(17)18/h2-8,15H,9H2,1H3,(H,19,23). The number of hydrogen-bond acceptors (Lipinski definition) is 6. The van der Waals surface area contributed by atoms with E-state index in [9.17, 15) is 13.6 Å². The molecule has 26 heavy (non-hydrogen) atoms. The number of amides is 1. The summed E-state index contributed by atoms with van der Waals surface area (Å²) in [6, 6.07) is 9.90. The lowest BCUT2D eigenvalue weighted by molar-refractivity contribution is -0.113. The molecule has 0 bridgehead atoms. The van der Waals surface area contributed by atoms with Crippen LogP contribution in [0, 0.1) is 0 Å². The van der Waals surface area contributed by atoms with Crippen LogP contribution in [0.2, 0.25) is 0 Å². The molecule has 0 aliphatic carbocycles. The number of anilines is 1. The van der Waals surface area contributed by atoms with Gasteiger partial charge in [-0.15, -0.1) is 21.5 Å². The number of aromatic nitrogens is 3. The van der Waals surface area contributed by atoms with Crippen LogP contribution < -0.4 is 10.1 Å². The number of benzene rings is 1. The Labute approximate surface area is 156 Å². The molecular weight excluding hydrogens is 382 g/mol. The lowest BCUT2D eigenvalue weighted by Crippen LogP contribution is -2.16. The van der Waals surface area contributed by atoms with Gasteiger partial charge in [0, 0.05) is 7.05 Å². The van der Waals surface area contributed by atoms with Crippen molar-refractivity contribution in [2.24, 2.45) is 7.05 Å². The molecule has 136 valence electrons. The number of para-hydroxylation sites is 2. The highest BCUT2D eigenvalue weighted by Crippen LogP contribution is 2.27. The summed E-state index contributed by atoms with van der Waals surface area (Å²) in [6.07, 6.45) is 0. The molecular formula is C16H14F2N4O2S2. The molecule has 10 heteroatoms. The monoisotopic (exact) mass is 396 g/mol. The fourth-order valence-corrected chi connectivity index (χ4v) is 3.60. The summed E-state index contributed by atoms with van der Waals surface area (Å²) in [4.78, 5) is 13.1. The molecule has 0 saturated carbocycles. The van der Waals surface area contributed by atoms with Crippen LogP contribution in [0.5, 0.6) is 5.75 Å². The van der Waals surface area contributed by atoms with Crippen molar-refractivity contribution >= 4 is 34.7 Å². The second-order valence-corrected chi connectivity index (χ2v) is 6.94. The number of thioether (sulfide) groups is 1. The first kappa shape index (κ1) is 18.3. The van der Waals surface area contributed by atoms with Crippen molar-refractivity contribution in [2.75, 3.05) is 11.1 Å². The Hall–Kier alpha value is -2.46. The van der Waals surface area contributed by atoms with E-state index in [-0.39, 0.29) is 23.1 Å². The van der Waals surface area contributed by atoms with Crippen LogP contribution in [0.15, 0.2) is 46.9 Å². The van der Waals surface area contributed by atoms with E-state index < -0.39 is 6.61 Å². The van der Waals surface area contributed by atoms with Crippen molar-refractivity contribution in [3.63, 3.8) is 0 Å². The third kappa shape index (κ3) is 4.38. The van der Waals surface area contributed by atoms with Crippen molar-refractivity contribution in [1.29, 1.82) is 0 Å². The maximum atomic E-state index is 12.4. The number of thiophene rings is 1. The third-order valence-corrected chi connectivity index (χ3v) is 5.17. The molecule has 0 aliphatic rings. The minimum atomic E-state index is -2.96. The smallest absolute Gasteiger partial charge is 0.387 e. The fourth-order valence-electron chi connectivity index (χ4n) is 2.15. The highest BCUT2D eigenvalue weighted by atomic mass is 32.2. The highest BCUT2D eigenvalue weighted by Gasteiger charge is 2.15. The molecule has 2 aromatic heterocycles. The van der Waals surface area contributed by atoms with Gasteiger partial charge in [-0.05, 0) is 23.6 Å². The second kappa shape index (κ2) is 8.28. The first-order valence-electron chi connectivity index (χ1n) is 7.44. The molecule has 0 aliphatic heterocycles. The van der Waals surface area contributed by atoms with Crippen LogP contribution in [0.3, 0.4) is 0 Å². The molecule has 2 heterocycles. The molecule has 1 aromatic carbocycles. The van der Waals surface area contributed by atoms with Crippen LogP contribution in [0.25, 0.3) is 10.7 Å². The first-order valence-corrected chi connectivity index (χ1v) is 9.31. The van der Waals surface area contributed by atoms with Gasteiger partial charge in [-0.1, -0.05) is 30.0 Å². The summed E-state index contributed by atoms with van der Waals surface area (Å²) in [5, 5.41) is 13.3. The van der Waals surface area contributed by atoms with Crippen LogP contribution in [0.4, 0.5) is 14.5 Å². The summed E-state index contributed by atoms with van der Waals surface area (Å²) in [5.41, 5.74) is 0.190. The van der Waals surface area contributed by atoms with E-state index in [4.69, 9.17) is 0 Å². The van der Waals surface area contributed by atoms with Crippen molar-refractivity contribution in [1.82, 2.24) is 14.8 Å². The number of carbonyl (C=O) groups is 1. The molecule has 3 aromatic rings. The summed E-state index contributed by atoms with van der Waals surface area (Å²) >= 11 is 2.75. The number of alkyl halides is 2. The molecule has 0 atom stereocenters. The maximum Gasteiger partial charge on any atom is 0.387 e. The zero-order valence-electron chi connectivity index (χ0n) is 13.6. The Bertz CT molecular complexity index is 884.